The van der Waals surface area contributed by atoms with E-state index in [1.54, 1.807) is 6.07 Å². The van der Waals surface area contributed by atoms with Gasteiger partial charge in [0.05, 0.1) is 10.6 Å². The molecule has 0 bridgehead atoms. The number of aromatic nitrogens is 1. The van der Waals surface area contributed by atoms with Crippen LogP contribution in [0.15, 0.2) is 24.3 Å². The zero-order chi connectivity index (χ0) is 15.2. The lowest BCUT2D eigenvalue weighted by Crippen LogP contribution is -2.26. The van der Waals surface area contributed by atoms with Crippen LogP contribution in [-0.2, 0) is 6.42 Å². The molecule has 21 heavy (non-hydrogen) atoms. The number of nitrogens with zero attached hydrogens (tertiary/aromatic N) is 2. The third-order valence-electron chi connectivity index (χ3n) is 3.71. The molecule has 0 amide bonds. The maximum absolute atomic E-state index is 13.3. The number of halogens is 1. The minimum Gasteiger partial charge on any atom is -0.321 e. The summed E-state index contributed by atoms with van der Waals surface area (Å²) in [6.45, 7) is 4.17. The van der Waals surface area contributed by atoms with Crippen molar-refractivity contribution in [2.24, 2.45) is 5.41 Å². The molecule has 3 nitrogen and oxygen atoms in total. The molecule has 5 heteroatoms. The molecule has 0 radical (unpaired) electrons. The maximum Gasteiger partial charge on any atom is 0.190 e. The molecule has 1 aromatic heterocycles. The van der Waals surface area contributed by atoms with Crippen molar-refractivity contribution < 1.29 is 9.18 Å². The van der Waals surface area contributed by atoms with Crippen LogP contribution in [0.5, 0.6) is 0 Å². The molecule has 1 aliphatic rings. The van der Waals surface area contributed by atoms with E-state index in [4.69, 9.17) is 0 Å². The molecule has 0 fully saturated rings. The first-order valence-electron chi connectivity index (χ1n) is 6.88. The van der Waals surface area contributed by atoms with Crippen molar-refractivity contribution in [2.75, 3.05) is 11.9 Å². The normalized spacial score (nSPS) is 16.7. The summed E-state index contributed by atoms with van der Waals surface area (Å²) in [6.07, 6.45) is 1.37. The van der Waals surface area contributed by atoms with Gasteiger partial charge in [-0.15, -0.1) is 0 Å². The zero-order valence-corrected chi connectivity index (χ0v) is 13.1. The molecule has 1 aromatic carbocycles. The number of rotatable bonds is 2. The SMILES string of the molecule is CN(c1cccc(F)c1)c1nc2c(s1)C(=O)CC(C)(C)C2. The third kappa shape index (κ3) is 2.70. The first kappa shape index (κ1) is 14.2. The smallest absolute Gasteiger partial charge is 0.190 e. The molecule has 0 N–H and O–H groups in total. The van der Waals surface area contributed by atoms with E-state index in [1.807, 2.05) is 18.0 Å². The van der Waals surface area contributed by atoms with Crippen LogP contribution in [0.25, 0.3) is 0 Å². The Hall–Kier alpha value is -1.75. The highest BCUT2D eigenvalue weighted by molar-refractivity contribution is 7.17. The molecule has 0 saturated heterocycles. The van der Waals surface area contributed by atoms with Gasteiger partial charge in [-0.05, 0) is 30.0 Å². The number of Topliss-reactive ketones (excluding diaryl/α,β-unsaturated/α-hetero) is 1. The fraction of sp³-hybridized carbons (Fsp3) is 0.375. The summed E-state index contributed by atoms with van der Waals surface area (Å²) < 4.78 is 13.3. The number of hydrogen-bond acceptors (Lipinski definition) is 4. The van der Waals surface area contributed by atoms with Gasteiger partial charge in [0.2, 0.25) is 0 Å². The molecule has 1 heterocycles. The predicted octanol–water partition coefficient (Wildman–Crippen LogP) is 4.21. The second-order valence-corrected chi connectivity index (χ2v) is 7.23. The molecule has 0 spiro atoms. The Labute approximate surface area is 127 Å². The third-order valence-corrected chi connectivity index (χ3v) is 4.92. The van der Waals surface area contributed by atoms with Crippen LogP contribution in [0.4, 0.5) is 15.2 Å². The topological polar surface area (TPSA) is 33.2 Å². The van der Waals surface area contributed by atoms with Crippen LogP contribution in [0.1, 0.15) is 35.6 Å². The van der Waals surface area contributed by atoms with Gasteiger partial charge in [0.25, 0.3) is 0 Å². The van der Waals surface area contributed by atoms with E-state index in [0.717, 1.165) is 27.8 Å². The summed E-state index contributed by atoms with van der Waals surface area (Å²) in [6, 6.07) is 6.38. The molecule has 0 aliphatic heterocycles. The molecule has 0 atom stereocenters. The van der Waals surface area contributed by atoms with Crippen molar-refractivity contribution in [2.45, 2.75) is 26.7 Å². The fourth-order valence-corrected chi connectivity index (χ4v) is 3.65. The van der Waals surface area contributed by atoms with Gasteiger partial charge in [-0.1, -0.05) is 31.3 Å². The van der Waals surface area contributed by atoms with Gasteiger partial charge >= 0.3 is 0 Å². The van der Waals surface area contributed by atoms with Gasteiger partial charge in [-0.2, -0.15) is 0 Å². The predicted molar refractivity (Wildman–Crippen MR) is 83.0 cm³/mol. The van der Waals surface area contributed by atoms with E-state index < -0.39 is 0 Å². The Balaban J connectivity index is 1.97. The molecular formula is C16H17FN2OS. The van der Waals surface area contributed by atoms with Crippen molar-refractivity contribution in [3.8, 4) is 0 Å². The summed E-state index contributed by atoms with van der Waals surface area (Å²) >= 11 is 1.40. The lowest BCUT2D eigenvalue weighted by Gasteiger charge is -2.26. The Morgan fingerprint density at radius 2 is 2.10 bits per heavy atom. The summed E-state index contributed by atoms with van der Waals surface area (Å²) in [5.41, 5.74) is 1.57. The van der Waals surface area contributed by atoms with Crippen LogP contribution < -0.4 is 4.90 Å². The van der Waals surface area contributed by atoms with E-state index in [-0.39, 0.29) is 17.0 Å². The van der Waals surface area contributed by atoms with Crippen molar-refractivity contribution in [3.05, 3.63) is 40.7 Å². The van der Waals surface area contributed by atoms with Gasteiger partial charge in [0, 0.05) is 19.2 Å². The highest BCUT2D eigenvalue weighted by Crippen LogP contribution is 2.40. The van der Waals surface area contributed by atoms with Crippen LogP contribution in [-0.4, -0.2) is 17.8 Å². The molecule has 1 aliphatic carbocycles. The maximum atomic E-state index is 13.3. The minimum absolute atomic E-state index is 0.0349. The van der Waals surface area contributed by atoms with E-state index in [1.165, 1.54) is 23.5 Å². The minimum atomic E-state index is -0.280. The second-order valence-electron chi connectivity index (χ2n) is 6.25. The fourth-order valence-electron chi connectivity index (χ4n) is 2.65. The highest BCUT2D eigenvalue weighted by Gasteiger charge is 2.34. The number of anilines is 2. The van der Waals surface area contributed by atoms with Crippen molar-refractivity contribution >= 4 is 27.9 Å². The molecular weight excluding hydrogens is 287 g/mol. The lowest BCUT2D eigenvalue weighted by atomic mass is 9.78. The molecule has 3 rings (SSSR count). The van der Waals surface area contributed by atoms with E-state index in [2.05, 4.69) is 18.8 Å². The molecule has 0 unspecified atom stereocenters. The highest BCUT2D eigenvalue weighted by atomic mass is 32.1. The van der Waals surface area contributed by atoms with Crippen LogP contribution in [0, 0.1) is 11.2 Å². The van der Waals surface area contributed by atoms with Crippen molar-refractivity contribution in [3.63, 3.8) is 0 Å². The monoisotopic (exact) mass is 304 g/mol. The number of hydrogen-bond donors (Lipinski definition) is 0. The number of carbonyl (C=O) groups excluding carboxylic acids is 1. The number of carbonyl (C=O) groups is 1. The molecule has 2 aromatic rings. The summed E-state index contributed by atoms with van der Waals surface area (Å²) in [4.78, 5) is 19.4. The first-order chi connectivity index (χ1) is 9.85. The van der Waals surface area contributed by atoms with Gasteiger partial charge in [-0.25, -0.2) is 9.37 Å². The zero-order valence-electron chi connectivity index (χ0n) is 12.3. The van der Waals surface area contributed by atoms with Crippen LogP contribution in [0.2, 0.25) is 0 Å². The Morgan fingerprint density at radius 3 is 2.81 bits per heavy atom. The first-order valence-corrected chi connectivity index (χ1v) is 7.70. The molecule has 110 valence electrons. The summed E-state index contributed by atoms with van der Waals surface area (Å²) in [5, 5.41) is 0.733. The number of benzene rings is 1. The summed E-state index contributed by atoms with van der Waals surface area (Å²) in [5.74, 6) is -0.115. The van der Waals surface area contributed by atoms with Crippen molar-refractivity contribution in [1.29, 1.82) is 0 Å². The van der Waals surface area contributed by atoms with Crippen LogP contribution in [0.3, 0.4) is 0 Å². The number of ketones is 1. The van der Waals surface area contributed by atoms with E-state index >= 15 is 0 Å². The van der Waals surface area contributed by atoms with Gasteiger partial charge in [0.1, 0.15) is 5.82 Å². The van der Waals surface area contributed by atoms with Crippen LogP contribution >= 0.6 is 11.3 Å². The Morgan fingerprint density at radius 1 is 1.33 bits per heavy atom. The standard InChI is InChI=1S/C16H17FN2OS/c1-16(2)8-12-14(13(20)9-16)21-15(18-12)19(3)11-6-4-5-10(17)7-11/h4-7H,8-9H2,1-3H3. The summed E-state index contributed by atoms with van der Waals surface area (Å²) in [7, 11) is 1.84. The average Bonchev–Trinajstić information content (AvgIpc) is 2.80. The Bertz CT molecular complexity index is 708. The van der Waals surface area contributed by atoms with Gasteiger partial charge in [0.15, 0.2) is 10.9 Å². The lowest BCUT2D eigenvalue weighted by molar-refractivity contribution is 0.0916. The average molecular weight is 304 g/mol. The largest absolute Gasteiger partial charge is 0.321 e. The Kier molecular flexibility index (Phi) is 3.32. The van der Waals surface area contributed by atoms with Crippen molar-refractivity contribution in [1.82, 2.24) is 4.98 Å². The quantitative estimate of drug-likeness (QED) is 0.833. The van der Waals surface area contributed by atoms with Gasteiger partial charge < -0.3 is 4.90 Å². The van der Waals surface area contributed by atoms with Gasteiger partial charge in [-0.3, -0.25) is 4.79 Å². The van der Waals surface area contributed by atoms with E-state index in [9.17, 15) is 9.18 Å². The number of fused-ring (bicyclic) bond motifs is 1. The second kappa shape index (κ2) is 4.91. The molecule has 0 saturated carbocycles. The number of thiazole rings is 1. The van der Waals surface area contributed by atoms with E-state index in [0.29, 0.717) is 6.42 Å².